The summed E-state index contributed by atoms with van der Waals surface area (Å²) in [4.78, 5) is 19.3. The second-order valence-corrected chi connectivity index (χ2v) is 7.54. The summed E-state index contributed by atoms with van der Waals surface area (Å²) >= 11 is 0. The van der Waals surface area contributed by atoms with Crippen molar-refractivity contribution in [3.8, 4) is 23.1 Å². The first kappa shape index (κ1) is 21.0. The zero-order valence-electron chi connectivity index (χ0n) is 16.8. The summed E-state index contributed by atoms with van der Waals surface area (Å²) in [6.07, 6.45) is 1.16. The standard InChI is InChI=1S/C21H20F3N3O4/c1-11(26-12(2)28)9-29-15-5-16(22)19(25-8-15)20-27-17-4-3-14(6-18(17)31-20)30-10-13-7-21(13,23)24/h3-6,8,11,13H,7,9-10H2,1-2H3,(H,26,28)/t11-,13?/m0/s1. The van der Waals surface area contributed by atoms with Gasteiger partial charge in [0.15, 0.2) is 17.1 Å². The number of ether oxygens (including phenoxy) is 2. The van der Waals surface area contributed by atoms with Crippen LogP contribution in [0, 0.1) is 11.7 Å². The van der Waals surface area contributed by atoms with Crippen LogP contribution in [0.5, 0.6) is 11.5 Å². The average molecular weight is 435 g/mol. The number of hydrogen-bond donors (Lipinski definition) is 1. The number of amides is 1. The zero-order chi connectivity index (χ0) is 22.2. The minimum atomic E-state index is -2.65. The van der Waals surface area contributed by atoms with E-state index in [9.17, 15) is 18.0 Å². The third kappa shape index (κ3) is 4.89. The third-order valence-corrected chi connectivity index (χ3v) is 4.74. The van der Waals surface area contributed by atoms with E-state index < -0.39 is 17.7 Å². The van der Waals surface area contributed by atoms with E-state index in [0.29, 0.717) is 16.8 Å². The van der Waals surface area contributed by atoms with Crippen molar-refractivity contribution in [3.05, 3.63) is 36.3 Å². The highest BCUT2D eigenvalue weighted by atomic mass is 19.3. The molecule has 0 radical (unpaired) electrons. The first-order chi connectivity index (χ1) is 14.7. The Hall–Kier alpha value is -3.30. The quantitative estimate of drug-likeness (QED) is 0.576. The number of benzene rings is 1. The lowest BCUT2D eigenvalue weighted by atomic mass is 10.3. The second-order valence-electron chi connectivity index (χ2n) is 7.54. The molecule has 31 heavy (non-hydrogen) atoms. The monoisotopic (exact) mass is 435 g/mol. The predicted octanol–water partition coefficient (Wildman–Crippen LogP) is 3.97. The summed E-state index contributed by atoms with van der Waals surface area (Å²) in [6.45, 7) is 3.22. The number of nitrogens with zero attached hydrogens (tertiary/aromatic N) is 2. The second kappa shape index (κ2) is 8.09. The van der Waals surface area contributed by atoms with Gasteiger partial charge in [0.05, 0.1) is 24.8 Å². The predicted molar refractivity (Wildman–Crippen MR) is 105 cm³/mol. The molecule has 1 aliphatic rings. The fourth-order valence-corrected chi connectivity index (χ4v) is 3.01. The maximum Gasteiger partial charge on any atom is 0.255 e. The number of nitrogens with one attached hydrogen (secondary N) is 1. The molecule has 2 atom stereocenters. The molecule has 1 aliphatic carbocycles. The van der Waals surface area contributed by atoms with Gasteiger partial charge in [0.1, 0.15) is 23.6 Å². The minimum Gasteiger partial charge on any atom is -0.493 e. The van der Waals surface area contributed by atoms with Crippen molar-refractivity contribution in [1.82, 2.24) is 15.3 Å². The highest BCUT2D eigenvalue weighted by Gasteiger charge is 2.57. The third-order valence-electron chi connectivity index (χ3n) is 4.74. The molecule has 2 aromatic heterocycles. The van der Waals surface area contributed by atoms with Crippen molar-refractivity contribution in [2.75, 3.05) is 13.2 Å². The number of carbonyl (C=O) groups excluding carboxylic acids is 1. The molecule has 2 heterocycles. The molecular formula is C21H20F3N3O4. The fourth-order valence-electron chi connectivity index (χ4n) is 3.01. The lowest BCUT2D eigenvalue weighted by Gasteiger charge is -2.13. The number of rotatable bonds is 8. The van der Waals surface area contributed by atoms with Crippen LogP contribution in [0.4, 0.5) is 13.2 Å². The number of fused-ring (bicyclic) bond motifs is 1. The molecule has 1 saturated carbocycles. The molecule has 7 nitrogen and oxygen atoms in total. The number of pyridine rings is 1. The highest BCUT2D eigenvalue weighted by molar-refractivity contribution is 5.77. The Labute approximate surface area is 175 Å². The number of oxazole rings is 1. The first-order valence-electron chi connectivity index (χ1n) is 9.68. The van der Waals surface area contributed by atoms with Crippen LogP contribution in [0.2, 0.25) is 0 Å². The van der Waals surface area contributed by atoms with Gasteiger partial charge in [0.2, 0.25) is 11.8 Å². The van der Waals surface area contributed by atoms with Crippen LogP contribution in [0.1, 0.15) is 20.3 Å². The molecule has 4 rings (SSSR count). The summed E-state index contributed by atoms with van der Waals surface area (Å²) in [5, 5.41) is 2.66. The Morgan fingerprint density at radius 2 is 2.10 bits per heavy atom. The average Bonchev–Trinajstić information content (AvgIpc) is 3.11. The number of carbonyl (C=O) groups is 1. The van der Waals surface area contributed by atoms with Crippen LogP contribution < -0.4 is 14.8 Å². The van der Waals surface area contributed by atoms with Gasteiger partial charge in [-0.05, 0) is 19.1 Å². The molecule has 1 fully saturated rings. The van der Waals surface area contributed by atoms with Gasteiger partial charge >= 0.3 is 0 Å². The Morgan fingerprint density at radius 3 is 2.77 bits per heavy atom. The van der Waals surface area contributed by atoms with Gasteiger partial charge in [0.25, 0.3) is 5.92 Å². The zero-order valence-corrected chi connectivity index (χ0v) is 16.8. The van der Waals surface area contributed by atoms with Crippen LogP contribution in [0.15, 0.2) is 34.9 Å². The van der Waals surface area contributed by atoms with Gasteiger partial charge < -0.3 is 19.2 Å². The lowest BCUT2D eigenvalue weighted by molar-refractivity contribution is -0.119. The van der Waals surface area contributed by atoms with Crippen LogP contribution in [-0.4, -0.2) is 41.1 Å². The van der Waals surface area contributed by atoms with E-state index in [1.807, 2.05) is 0 Å². The largest absolute Gasteiger partial charge is 0.493 e. The molecule has 0 spiro atoms. The van der Waals surface area contributed by atoms with Gasteiger partial charge in [0, 0.05) is 25.5 Å². The first-order valence-corrected chi connectivity index (χ1v) is 9.68. The van der Waals surface area contributed by atoms with E-state index >= 15 is 0 Å². The summed E-state index contributed by atoms with van der Waals surface area (Å²) in [6, 6.07) is 5.61. The topological polar surface area (TPSA) is 86.5 Å². The number of halogens is 3. The SMILES string of the molecule is CC(=O)N[C@@H](C)COc1cnc(-c2nc3ccc(OCC4CC4(F)F)cc3o2)c(F)c1. The Balaban J connectivity index is 1.44. The molecule has 0 saturated heterocycles. The number of alkyl halides is 2. The number of aromatic nitrogens is 2. The van der Waals surface area contributed by atoms with Crippen molar-refractivity contribution < 1.29 is 31.9 Å². The molecule has 0 bridgehead atoms. The minimum absolute atomic E-state index is 0.0310. The van der Waals surface area contributed by atoms with Gasteiger partial charge in [-0.15, -0.1) is 0 Å². The summed E-state index contributed by atoms with van der Waals surface area (Å²) in [5.41, 5.74) is 0.670. The van der Waals surface area contributed by atoms with E-state index in [4.69, 9.17) is 13.9 Å². The van der Waals surface area contributed by atoms with Crippen molar-refractivity contribution in [3.63, 3.8) is 0 Å². The molecule has 0 aliphatic heterocycles. The molecule has 3 aromatic rings. The van der Waals surface area contributed by atoms with Gasteiger partial charge in [-0.25, -0.2) is 23.1 Å². The highest BCUT2D eigenvalue weighted by Crippen LogP contribution is 2.48. The van der Waals surface area contributed by atoms with Crippen molar-refractivity contribution >= 4 is 17.0 Å². The Kier molecular flexibility index (Phi) is 5.47. The van der Waals surface area contributed by atoms with Gasteiger partial charge in [-0.2, -0.15) is 0 Å². The van der Waals surface area contributed by atoms with Crippen LogP contribution in [-0.2, 0) is 4.79 Å². The van der Waals surface area contributed by atoms with Gasteiger partial charge in [-0.3, -0.25) is 4.79 Å². The molecular weight excluding hydrogens is 415 g/mol. The summed E-state index contributed by atoms with van der Waals surface area (Å²) in [7, 11) is 0. The summed E-state index contributed by atoms with van der Waals surface area (Å²) < 4.78 is 56.9. The fraction of sp³-hybridized carbons (Fsp3) is 0.381. The van der Waals surface area contributed by atoms with Crippen LogP contribution in [0.3, 0.4) is 0 Å². The molecule has 164 valence electrons. The maximum atomic E-state index is 14.6. The molecule has 1 aromatic carbocycles. The van der Waals surface area contributed by atoms with Crippen molar-refractivity contribution in [2.45, 2.75) is 32.2 Å². The van der Waals surface area contributed by atoms with Crippen molar-refractivity contribution in [1.29, 1.82) is 0 Å². The van der Waals surface area contributed by atoms with Crippen molar-refractivity contribution in [2.24, 2.45) is 5.92 Å². The molecule has 10 heteroatoms. The van der Waals surface area contributed by atoms with Crippen LogP contribution >= 0.6 is 0 Å². The van der Waals surface area contributed by atoms with E-state index in [1.54, 1.807) is 19.1 Å². The van der Waals surface area contributed by atoms with E-state index in [0.717, 1.165) is 6.07 Å². The van der Waals surface area contributed by atoms with E-state index in [2.05, 4.69) is 15.3 Å². The van der Waals surface area contributed by atoms with Crippen LogP contribution in [0.25, 0.3) is 22.7 Å². The van der Waals surface area contributed by atoms with Gasteiger partial charge in [-0.1, -0.05) is 0 Å². The van der Waals surface area contributed by atoms with E-state index in [1.165, 1.54) is 19.2 Å². The maximum absolute atomic E-state index is 14.6. The molecule has 1 N–H and O–H groups in total. The summed E-state index contributed by atoms with van der Waals surface area (Å²) in [5.74, 6) is -3.77. The Morgan fingerprint density at radius 1 is 1.32 bits per heavy atom. The lowest BCUT2D eigenvalue weighted by Crippen LogP contribution is -2.35. The normalized spacial score (nSPS) is 17.9. The van der Waals surface area contributed by atoms with E-state index in [-0.39, 0.29) is 48.9 Å². The number of hydrogen-bond acceptors (Lipinski definition) is 6. The smallest absolute Gasteiger partial charge is 0.255 e. The Bertz CT molecular complexity index is 1120. The molecule has 1 unspecified atom stereocenters. The molecule has 1 amide bonds.